The highest BCUT2D eigenvalue weighted by Gasteiger charge is 2.45. The van der Waals surface area contributed by atoms with Crippen LogP contribution in [0.25, 0.3) is 0 Å². The van der Waals surface area contributed by atoms with E-state index in [0.717, 1.165) is 18.4 Å². The fraction of sp³-hybridized carbons (Fsp3) is 0.444. The molecule has 1 fully saturated rings. The van der Waals surface area contributed by atoms with Gasteiger partial charge in [-0.1, -0.05) is 18.9 Å². The lowest BCUT2D eigenvalue weighted by Crippen LogP contribution is -2.36. The first-order valence-corrected chi connectivity index (χ1v) is 12.2. The van der Waals surface area contributed by atoms with E-state index in [1.54, 1.807) is 29.2 Å². The molecule has 0 aromatic heterocycles. The van der Waals surface area contributed by atoms with Gasteiger partial charge in [0.15, 0.2) is 18.1 Å². The second kappa shape index (κ2) is 10.8. The number of esters is 1. The average Bonchev–Trinajstić information content (AvgIpc) is 3.39. The van der Waals surface area contributed by atoms with Gasteiger partial charge >= 0.3 is 5.97 Å². The second-order valence-corrected chi connectivity index (χ2v) is 8.83. The molecule has 2 aliphatic rings. The van der Waals surface area contributed by atoms with Crippen molar-refractivity contribution in [3.63, 3.8) is 0 Å². The lowest BCUT2D eigenvalue weighted by molar-refractivity contribution is -0.153. The largest absolute Gasteiger partial charge is 0.486 e. The predicted molar refractivity (Wildman–Crippen MR) is 131 cm³/mol. The molecule has 0 radical (unpaired) electrons. The summed E-state index contributed by atoms with van der Waals surface area (Å²) in [6.45, 7) is 5.72. The Morgan fingerprint density at radius 2 is 1.60 bits per heavy atom. The van der Waals surface area contributed by atoms with Gasteiger partial charge in [-0.15, -0.1) is 0 Å². The highest BCUT2D eigenvalue weighted by molar-refractivity contribution is 5.96. The number of hydrogen-bond acceptors (Lipinski definition) is 6. The van der Waals surface area contributed by atoms with Crippen LogP contribution in [0.4, 0.5) is 5.69 Å². The van der Waals surface area contributed by atoms with E-state index in [1.807, 2.05) is 32.0 Å². The first-order chi connectivity index (χ1) is 17.0. The standard InChI is InChI=1S/C27H32N2O6/c1-3-29(4-2)25(31)19-7-10-21(11-8-19)28-24(30)18-35-26(32)27(13-5-6-14-27)20-9-12-22-23(17-20)34-16-15-33-22/h7-12,17H,3-6,13-16,18H2,1-2H3,(H,28,30). The fourth-order valence-electron chi connectivity index (χ4n) is 4.79. The third kappa shape index (κ3) is 5.26. The van der Waals surface area contributed by atoms with Gasteiger partial charge in [0.25, 0.3) is 11.8 Å². The second-order valence-electron chi connectivity index (χ2n) is 8.83. The summed E-state index contributed by atoms with van der Waals surface area (Å²) in [6, 6.07) is 12.3. The van der Waals surface area contributed by atoms with Crippen molar-refractivity contribution in [3.05, 3.63) is 53.6 Å². The first kappa shape index (κ1) is 24.6. The number of benzene rings is 2. The molecule has 1 N–H and O–H groups in total. The van der Waals surface area contributed by atoms with Gasteiger partial charge in [-0.2, -0.15) is 0 Å². The monoisotopic (exact) mass is 480 g/mol. The van der Waals surface area contributed by atoms with Crippen molar-refractivity contribution in [1.29, 1.82) is 0 Å². The van der Waals surface area contributed by atoms with Crippen LogP contribution in [0.1, 0.15) is 55.5 Å². The number of nitrogens with zero attached hydrogens (tertiary/aromatic N) is 1. The third-order valence-electron chi connectivity index (χ3n) is 6.74. The summed E-state index contributed by atoms with van der Waals surface area (Å²) in [5, 5.41) is 2.73. The van der Waals surface area contributed by atoms with Crippen LogP contribution < -0.4 is 14.8 Å². The van der Waals surface area contributed by atoms with Gasteiger partial charge in [-0.3, -0.25) is 14.4 Å². The Bertz CT molecular complexity index is 1070. The van der Waals surface area contributed by atoms with Crippen LogP contribution in [-0.2, 0) is 19.7 Å². The number of carbonyl (C=O) groups excluding carboxylic acids is 3. The molecule has 35 heavy (non-hydrogen) atoms. The summed E-state index contributed by atoms with van der Waals surface area (Å²) < 4.78 is 16.8. The molecule has 0 atom stereocenters. The summed E-state index contributed by atoms with van der Waals surface area (Å²) in [4.78, 5) is 39.9. The number of carbonyl (C=O) groups is 3. The first-order valence-electron chi connectivity index (χ1n) is 12.2. The molecular weight excluding hydrogens is 448 g/mol. The van der Waals surface area contributed by atoms with E-state index in [0.29, 0.717) is 61.9 Å². The summed E-state index contributed by atoms with van der Waals surface area (Å²) in [5.74, 6) is 0.417. The quantitative estimate of drug-likeness (QED) is 0.576. The van der Waals surface area contributed by atoms with Gasteiger partial charge < -0.3 is 24.4 Å². The zero-order valence-electron chi connectivity index (χ0n) is 20.3. The number of hydrogen-bond donors (Lipinski definition) is 1. The topological polar surface area (TPSA) is 94.2 Å². The lowest BCUT2D eigenvalue weighted by atomic mass is 9.78. The molecule has 0 unspecified atom stereocenters. The van der Waals surface area contributed by atoms with Crippen LogP contribution in [0.15, 0.2) is 42.5 Å². The minimum absolute atomic E-state index is 0.0530. The zero-order valence-corrected chi connectivity index (χ0v) is 20.3. The molecule has 8 heteroatoms. The van der Waals surface area contributed by atoms with Crippen molar-refractivity contribution < 1.29 is 28.6 Å². The Hall–Kier alpha value is -3.55. The normalized spacial score (nSPS) is 15.8. The lowest BCUT2D eigenvalue weighted by Gasteiger charge is -2.28. The van der Waals surface area contributed by atoms with Crippen LogP contribution in [0.3, 0.4) is 0 Å². The van der Waals surface area contributed by atoms with E-state index in [1.165, 1.54) is 0 Å². The zero-order chi connectivity index (χ0) is 24.8. The molecule has 4 rings (SSSR count). The molecule has 1 aliphatic carbocycles. The summed E-state index contributed by atoms with van der Waals surface area (Å²) in [6.07, 6.45) is 3.15. The maximum atomic E-state index is 13.2. The van der Waals surface area contributed by atoms with Gasteiger partial charge in [-0.25, -0.2) is 0 Å². The van der Waals surface area contributed by atoms with Gasteiger partial charge in [0.2, 0.25) is 0 Å². The minimum atomic E-state index is -0.789. The van der Waals surface area contributed by atoms with Gasteiger partial charge in [0.1, 0.15) is 13.2 Å². The Morgan fingerprint density at radius 1 is 0.943 bits per heavy atom. The number of amides is 2. The van der Waals surface area contributed by atoms with E-state index in [-0.39, 0.29) is 12.5 Å². The van der Waals surface area contributed by atoms with Gasteiger partial charge in [-0.05, 0) is 68.7 Å². The molecule has 0 saturated heterocycles. The molecule has 2 aromatic carbocycles. The van der Waals surface area contributed by atoms with Crippen molar-refractivity contribution in [3.8, 4) is 11.5 Å². The molecule has 2 amide bonds. The van der Waals surface area contributed by atoms with Crippen molar-refractivity contribution in [2.24, 2.45) is 0 Å². The van der Waals surface area contributed by atoms with E-state index < -0.39 is 17.3 Å². The molecule has 186 valence electrons. The van der Waals surface area contributed by atoms with Crippen molar-refractivity contribution in [2.75, 3.05) is 38.2 Å². The van der Waals surface area contributed by atoms with Crippen LogP contribution in [-0.4, -0.2) is 55.6 Å². The Kier molecular flexibility index (Phi) is 7.58. The summed E-state index contributed by atoms with van der Waals surface area (Å²) >= 11 is 0. The fourth-order valence-corrected chi connectivity index (χ4v) is 4.79. The molecule has 1 saturated carbocycles. The summed E-state index contributed by atoms with van der Waals surface area (Å²) in [7, 11) is 0. The molecule has 0 spiro atoms. The van der Waals surface area contributed by atoms with Crippen LogP contribution in [0.5, 0.6) is 11.5 Å². The van der Waals surface area contributed by atoms with E-state index in [9.17, 15) is 14.4 Å². The summed E-state index contributed by atoms with van der Waals surface area (Å²) in [5.41, 5.74) is 1.13. The molecule has 8 nitrogen and oxygen atoms in total. The average molecular weight is 481 g/mol. The smallest absolute Gasteiger partial charge is 0.317 e. The number of rotatable bonds is 8. The van der Waals surface area contributed by atoms with E-state index >= 15 is 0 Å². The number of anilines is 1. The SMILES string of the molecule is CCN(CC)C(=O)c1ccc(NC(=O)COC(=O)C2(c3ccc4c(c3)OCCO4)CCCC2)cc1. The highest BCUT2D eigenvalue weighted by atomic mass is 16.6. The molecule has 2 aromatic rings. The van der Waals surface area contributed by atoms with Gasteiger partial charge in [0.05, 0.1) is 5.41 Å². The van der Waals surface area contributed by atoms with Crippen molar-refractivity contribution in [1.82, 2.24) is 4.90 Å². The molecule has 0 bridgehead atoms. The van der Waals surface area contributed by atoms with Gasteiger partial charge in [0, 0.05) is 24.3 Å². The van der Waals surface area contributed by atoms with Crippen molar-refractivity contribution in [2.45, 2.75) is 44.9 Å². The van der Waals surface area contributed by atoms with Crippen LogP contribution in [0.2, 0.25) is 0 Å². The number of fused-ring (bicyclic) bond motifs is 1. The molecule has 1 aliphatic heterocycles. The third-order valence-corrected chi connectivity index (χ3v) is 6.74. The number of nitrogens with one attached hydrogen (secondary N) is 1. The van der Waals surface area contributed by atoms with E-state index in [2.05, 4.69) is 5.32 Å². The van der Waals surface area contributed by atoms with Crippen LogP contribution in [0, 0.1) is 0 Å². The Balaban J connectivity index is 1.37. The predicted octanol–water partition coefficient (Wildman–Crippen LogP) is 3.93. The maximum absolute atomic E-state index is 13.2. The Labute approximate surface area is 205 Å². The maximum Gasteiger partial charge on any atom is 0.317 e. The van der Waals surface area contributed by atoms with Crippen molar-refractivity contribution >= 4 is 23.5 Å². The van der Waals surface area contributed by atoms with E-state index in [4.69, 9.17) is 14.2 Å². The molecular formula is C27H32N2O6. The highest BCUT2D eigenvalue weighted by Crippen LogP contribution is 2.45. The number of ether oxygens (including phenoxy) is 3. The minimum Gasteiger partial charge on any atom is -0.486 e. The van der Waals surface area contributed by atoms with Crippen LogP contribution >= 0.6 is 0 Å². The Morgan fingerprint density at radius 3 is 2.26 bits per heavy atom. The molecule has 1 heterocycles.